The van der Waals surface area contributed by atoms with Crippen molar-refractivity contribution < 1.29 is 9.47 Å². The Kier molecular flexibility index (Phi) is 2.13. The van der Waals surface area contributed by atoms with Crippen LogP contribution in [0.2, 0.25) is 6.55 Å². The lowest BCUT2D eigenvalue weighted by Crippen LogP contribution is -2.31. The predicted molar refractivity (Wildman–Crippen MR) is 55.6 cm³/mol. The van der Waals surface area contributed by atoms with Crippen LogP contribution >= 0.6 is 0 Å². The fraction of sp³-hybridized carbons (Fsp3) is 0.800. The number of ether oxygens (including phenoxy) is 2. The van der Waals surface area contributed by atoms with E-state index in [-0.39, 0.29) is 20.9 Å². The maximum absolute atomic E-state index is 5.79. The largest absolute Gasteiger partial charge is 0.344 e. The van der Waals surface area contributed by atoms with E-state index in [4.69, 9.17) is 9.47 Å². The minimum atomic E-state index is -0.311. The topological polar surface area (TPSA) is 21.8 Å². The van der Waals surface area contributed by atoms with E-state index in [0.717, 1.165) is 13.0 Å². The van der Waals surface area contributed by atoms with Crippen LogP contribution in [-0.2, 0) is 9.47 Å². The lowest BCUT2D eigenvalue weighted by Gasteiger charge is -2.25. The summed E-state index contributed by atoms with van der Waals surface area (Å²) in [5.41, 5.74) is 3.73. The summed E-state index contributed by atoms with van der Waals surface area (Å²) in [5, 5.41) is 0. The van der Waals surface area contributed by atoms with Crippen LogP contribution in [0.25, 0.3) is 0 Å². The molecule has 0 amide bonds. The summed E-state index contributed by atoms with van der Waals surface area (Å²) >= 11 is 0. The summed E-state index contributed by atoms with van der Waals surface area (Å²) in [6.07, 6.45) is 2.33. The van der Waals surface area contributed by atoms with Crippen molar-refractivity contribution in [3.8, 4) is 0 Å². The fourth-order valence-electron chi connectivity index (χ4n) is 2.21. The average Bonchev–Trinajstić information content (AvgIpc) is 2.60. The van der Waals surface area contributed by atoms with Gasteiger partial charge in [-0.25, -0.2) is 0 Å². The van der Waals surface area contributed by atoms with Gasteiger partial charge in [0.05, 0.1) is 6.61 Å². The molecule has 0 aromatic carbocycles. The predicted octanol–water partition coefficient (Wildman–Crippen LogP) is 1.40. The highest BCUT2D eigenvalue weighted by atomic mass is 28.2. The van der Waals surface area contributed by atoms with Crippen molar-refractivity contribution >= 4 is 9.52 Å². The molecular weight excluding hydrogens is 180 g/mol. The van der Waals surface area contributed by atoms with Crippen LogP contribution < -0.4 is 0 Å². The zero-order chi connectivity index (χ0) is 9.53. The lowest BCUT2D eigenvalue weighted by molar-refractivity contribution is -0.0373. The monoisotopic (exact) mass is 198 g/mol. The highest BCUT2D eigenvalue weighted by molar-refractivity contribution is 6.40. The highest BCUT2D eigenvalue weighted by Crippen LogP contribution is 2.55. The molecule has 74 valence electrons. The van der Waals surface area contributed by atoms with Crippen molar-refractivity contribution in [1.29, 1.82) is 0 Å². The minimum Gasteiger partial charge on any atom is -0.344 e. The van der Waals surface area contributed by atoms with Gasteiger partial charge in [-0.05, 0) is 32.3 Å². The molecule has 2 nitrogen and oxygen atoms in total. The molecule has 0 aliphatic carbocycles. The first-order valence-electron chi connectivity index (χ1n) is 5.16. The van der Waals surface area contributed by atoms with E-state index in [0.29, 0.717) is 0 Å². The number of rotatable bonds is 1. The smallest absolute Gasteiger partial charge is 0.220 e. The first kappa shape index (κ1) is 9.43. The second-order valence-corrected chi connectivity index (χ2v) is 5.54. The number of epoxide rings is 1. The third-order valence-corrected chi connectivity index (χ3v) is 3.82. The second kappa shape index (κ2) is 2.94. The molecule has 2 saturated heterocycles. The lowest BCUT2D eigenvalue weighted by atomic mass is 9.94. The molecule has 2 aliphatic heterocycles. The Bertz CT molecular complexity index is 247. The Morgan fingerprint density at radius 1 is 1.46 bits per heavy atom. The first-order chi connectivity index (χ1) is 6.12. The van der Waals surface area contributed by atoms with Crippen LogP contribution in [0.3, 0.4) is 0 Å². The van der Waals surface area contributed by atoms with Gasteiger partial charge in [-0.1, -0.05) is 12.2 Å². The van der Waals surface area contributed by atoms with E-state index < -0.39 is 0 Å². The fourth-order valence-corrected chi connectivity index (χ4v) is 3.17. The SMILES string of the molecule is C[SiH2]/C=C1\CCCOC12OC2(C)C. The highest BCUT2D eigenvalue weighted by Gasteiger charge is 2.68. The Hall–Kier alpha value is -0.123. The van der Waals surface area contributed by atoms with Gasteiger partial charge in [0.2, 0.25) is 5.79 Å². The maximum atomic E-state index is 5.79. The van der Waals surface area contributed by atoms with E-state index in [2.05, 4.69) is 26.1 Å². The molecule has 0 saturated carbocycles. The van der Waals surface area contributed by atoms with Crippen LogP contribution in [0.4, 0.5) is 0 Å². The molecule has 1 spiro atoms. The summed E-state index contributed by atoms with van der Waals surface area (Å²) < 4.78 is 11.5. The molecular formula is C10H18O2Si. The molecule has 2 fully saturated rings. The van der Waals surface area contributed by atoms with Gasteiger partial charge in [0.25, 0.3) is 0 Å². The quantitative estimate of drug-likeness (QED) is 0.469. The summed E-state index contributed by atoms with van der Waals surface area (Å²) in [4.78, 5) is 0. The molecule has 0 radical (unpaired) electrons. The van der Waals surface area contributed by atoms with E-state index in [1.807, 2.05) is 0 Å². The van der Waals surface area contributed by atoms with Crippen molar-refractivity contribution in [2.45, 2.75) is 44.6 Å². The van der Waals surface area contributed by atoms with Gasteiger partial charge in [-0.3, -0.25) is 0 Å². The molecule has 13 heavy (non-hydrogen) atoms. The van der Waals surface area contributed by atoms with Crippen molar-refractivity contribution in [3.05, 3.63) is 11.3 Å². The maximum Gasteiger partial charge on any atom is 0.220 e. The summed E-state index contributed by atoms with van der Waals surface area (Å²) in [5.74, 6) is -0.311. The second-order valence-electron chi connectivity index (χ2n) is 4.32. The van der Waals surface area contributed by atoms with Gasteiger partial charge in [-0.2, -0.15) is 0 Å². The zero-order valence-electron chi connectivity index (χ0n) is 8.72. The zero-order valence-corrected chi connectivity index (χ0v) is 10.1. The van der Waals surface area contributed by atoms with Crippen molar-refractivity contribution in [2.75, 3.05) is 6.61 Å². The molecule has 0 aromatic heterocycles. The van der Waals surface area contributed by atoms with Crippen LogP contribution in [0, 0.1) is 0 Å². The third kappa shape index (κ3) is 1.30. The molecule has 0 N–H and O–H groups in total. The average molecular weight is 198 g/mol. The van der Waals surface area contributed by atoms with Crippen LogP contribution in [0.15, 0.2) is 11.3 Å². The Labute approximate surface area is 82.1 Å². The van der Waals surface area contributed by atoms with Gasteiger partial charge >= 0.3 is 0 Å². The molecule has 0 bridgehead atoms. The standard InChI is InChI=1S/C10H18O2Si/c1-9(2)10(12-9)8(7-13-3)5-4-6-11-10/h7H,4-6,13H2,1-3H3/b8-7+. The summed E-state index contributed by atoms with van der Waals surface area (Å²) in [6, 6.07) is 0. The Morgan fingerprint density at radius 2 is 2.15 bits per heavy atom. The molecule has 1 unspecified atom stereocenters. The Morgan fingerprint density at radius 3 is 2.69 bits per heavy atom. The van der Waals surface area contributed by atoms with Crippen molar-refractivity contribution in [2.24, 2.45) is 0 Å². The van der Waals surface area contributed by atoms with Crippen molar-refractivity contribution in [1.82, 2.24) is 0 Å². The molecule has 2 rings (SSSR count). The van der Waals surface area contributed by atoms with Gasteiger partial charge in [0, 0.05) is 9.52 Å². The van der Waals surface area contributed by atoms with Gasteiger partial charge in [-0.15, -0.1) is 0 Å². The van der Waals surface area contributed by atoms with E-state index >= 15 is 0 Å². The minimum absolute atomic E-state index is 0.0304. The summed E-state index contributed by atoms with van der Waals surface area (Å²) in [7, 11) is -0.0304. The molecule has 2 aliphatic rings. The van der Waals surface area contributed by atoms with E-state index in [1.165, 1.54) is 12.0 Å². The summed E-state index contributed by atoms with van der Waals surface area (Å²) in [6.45, 7) is 7.38. The number of hydrogen-bond acceptors (Lipinski definition) is 2. The van der Waals surface area contributed by atoms with Crippen LogP contribution in [0.1, 0.15) is 26.7 Å². The van der Waals surface area contributed by atoms with Crippen LogP contribution in [-0.4, -0.2) is 27.5 Å². The molecule has 2 heterocycles. The Balaban J connectivity index is 2.21. The third-order valence-electron chi connectivity index (χ3n) is 2.92. The van der Waals surface area contributed by atoms with Gasteiger partial charge in [0.15, 0.2) is 0 Å². The van der Waals surface area contributed by atoms with Crippen LogP contribution in [0.5, 0.6) is 0 Å². The molecule has 1 atom stereocenters. The van der Waals surface area contributed by atoms with Gasteiger partial charge < -0.3 is 9.47 Å². The van der Waals surface area contributed by atoms with E-state index in [1.54, 1.807) is 0 Å². The number of hydrogen-bond donors (Lipinski definition) is 0. The van der Waals surface area contributed by atoms with Crippen molar-refractivity contribution in [3.63, 3.8) is 0 Å². The van der Waals surface area contributed by atoms with Gasteiger partial charge in [0.1, 0.15) is 5.60 Å². The molecule has 0 aromatic rings. The van der Waals surface area contributed by atoms with E-state index in [9.17, 15) is 0 Å². The first-order valence-corrected chi connectivity index (χ1v) is 7.39. The molecule has 3 heteroatoms. The normalized spacial score (nSPS) is 40.7.